The molecular weight excluding hydrogens is 389 g/mol. The Balaban J connectivity index is 2.15. The van der Waals surface area contributed by atoms with Gasteiger partial charge in [0.05, 0.1) is 10.5 Å². The van der Waals surface area contributed by atoms with Crippen LogP contribution in [0.25, 0.3) is 22.9 Å². The van der Waals surface area contributed by atoms with Crippen LogP contribution in [0.2, 0.25) is 0 Å². The van der Waals surface area contributed by atoms with E-state index >= 15 is 0 Å². The molecule has 0 aliphatic rings. The smallest absolute Gasteiger partial charge is 0.417 e. The molecule has 0 aliphatic heterocycles. The molecule has 2 heterocycles. The number of alkyl halides is 3. The van der Waals surface area contributed by atoms with Crippen molar-refractivity contribution in [3.8, 4) is 34.4 Å². The van der Waals surface area contributed by atoms with Crippen molar-refractivity contribution in [2.24, 2.45) is 0 Å². The Morgan fingerprint density at radius 2 is 1.82 bits per heavy atom. The molecule has 0 amide bonds. The summed E-state index contributed by atoms with van der Waals surface area (Å²) in [5.41, 5.74) is -3.19. The van der Waals surface area contributed by atoms with Gasteiger partial charge in [-0.05, 0) is 6.07 Å². The zero-order valence-electron chi connectivity index (χ0n) is 13.8. The largest absolute Gasteiger partial charge is 0.618 e. The van der Waals surface area contributed by atoms with Crippen LogP contribution in [-0.2, 0) is 6.18 Å². The molecule has 2 N–H and O–H groups in total. The Morgan fingerprint density at radius 3 is 2.43 bits per heavy atom. The number of pyridine rings is 1. The molecular formula is C15H9F3N4O6. The van der Waals surface area contributed by atoms with Gasteiger partial charge in [0.15, 0.2) is 17.6 Å². The van der Waals surface area contributed by atoms with Crippen LogP contribution in [0.5, 0.6) is 11.5 Å². The van der Waals surface area contributed by atoms with Crippen LogP contribution in [0.15, 0.2) is 28.8 Å². The van der Waals surface area contributed by atoms with Crippen LogP contribution in [0.3, 0.4) is 0 Å². The van der Waals surface area contributed by atoms with Crippen LogP contribution < -0.4 is 4.73 Å². The van der Waals surface area contributed by atoms with Crippen molar-refractivity contribution in [3.63, 3.8) is 0 Å². The Bertz CT molecular complexity index is 1100. The highest BCUT2D eigenvalue weighted by Gasteiger charge is 2.37. The van der Waals surface area contributed by atoms with Gasteiger partial charge in [0, 0.05) is 24.6 Å². The second kappa shape index (κ2) is 6.37. The highest BCUT2D eigenvalue weighted by molar-refractivity contribution is 5.68. The summed E-state index contributed by atoms with van der Waals surface area (Å²) in [6, 6.07) is 2.26. The van der Waals surface area contributed by atoms with Gasteiger partial charge < -0.3 is 19.8 Å². The number of phenolic OH excluding ortho intramolecular Hbond substituents is 2. The lowest BCUT2D eigenvalue weighted by molar-refractivity contribution is -0.612. The van der Waals surface area contributed by atoms with Crippen LogP contribution in [0, 0.1) is 22.2 Å². The van der Waals surface area contributed by atoms with Gasteiger partial charge in [-0.1, -0.05) is 0 Å². The van der Waals surface area contributed by atoms with Gasteiger partial charge in [-0.15, -0.1) is 10.2 Å². The zero-order valence-corrected chi connectivity index (χ0v) is 13.8. The highest BCUT2D eigenvalue weighted by Crippen LogP contribution is 2.40. The third-order valence-corrected chi connectivity index (χ3v) is 3.71. The number of nitrogens with zero attached hydrogens (tertiary/aromatic N) is 4. The first-order chi connectivity index (χ1) is 13.0. The van der Waals surface area contributed by atoms with Gasteiger partial charge in [-0.2, -0.15) is 17.9 Å². The lowest BCUT2D eigenvalue weighted by Gasteiger charge is -2.11. The molecule has 0 spiro atoms. The van der Waals surface area contributed by atoms with Gasteiger partial charge >= 0.3 is 11.9 Å². The second-order valence-electron chi connectivity index (χ2n) is 5.60. The summed E-state index contributed by atoms with van der Waals surface area (Å²) in [6.45, 7) is 1.18. The molecule has 2 aromatic heterocycles. The molecule has 0 aliphatic carbocycles. The fraction of sp³-hybridized carbons (Fsp3) is 0.133. The van der Waals surface area contributed by atoms with Gasteiger partial charge in [0.2, 0.25) is 11.6 Å². The molecule has 28 heavy (non-hydrogen) atoms. The fourth-order valence-electron chi connectivity index (χ4n) is 2.36. The fourth-order valence-corrected chi connectivity index (χ4v) is 2.36. The lowest BCUT2D eigenvalue weighted by Crippen LogP contribution is -2.31. The molecule has 3 aromatic rings. The van der Waals surface area contributed by atoms with Crippen LogP contribution in [-0.4, -0.2) is 25.3 Å². The number of hydrogen-bond donors (Lipinski definition) is 2. The van der Waals surface area contributed by atoms with Crippen molar-refractivity contribution in [1.82, 2.24) is 10.2 Å². The molecule has 0 atom stereocenters. The molecule has 3 rings (SSSR count). The van der Waals surface area contributed by atoms with Crippen molar-refractivity contribution in [2.75, 3.05) is 0 Å². The maximum Gasteiger partial charge on any atom is 0.417 e. The van der Waals surface area contributed by atoms with Crippen molar-refractivity contribution >= 4 is 5.69 Å². The van der Waals surface area contributed by atoms with E-state index in [-0.39, 0.29) is 16.0 Å². The van der Waals surface area contributed by atoms with E-state index in [0.29, 0.717) is 12.3 Å². The van der Waals surface area contributed by atoms with Crippen LogP contribution in [0.1, 0.15) is 11.3 Å². The molecule has 0 bridgehead atoms. The van der Waals surface area contributed by atoms with Gasteiger partial charge in [-0.25, -0.2) is 0 Å². The second-order valence-corrected chi connectivity index (χ2v) is 5.60. The minimum atomic E-state index is -4.82. The molecule has 0 saturated heterocycles. The van der Waals surface area contributed by atoms with Crippen molar-refractivity contribution in [1.29, 1.82) is 0 Å². The summed E-state index contributed by atoms with van der Waals surface area (Å²) in [4.78, 5) is 9.93. The Kier molecular flexibility index (Phi) is 4.29. The number of nitro benzene ring substituents is 1. The number of aryl methyl sites for hydroxylation is 1. The number of rotatable bonds is 3. The van der Waals surface area contributed by atoms with Crippen molar-refractivity contribution in [2.45, 2.75) is 13.1 Å². The highest BCUT2D eigenvalue weighted by atomic mass is 19.4. The number of aromatic hydroxyl groups is 2. The van der Waals surface area contributed by atoms with Gasteiger partial charge in [-0.3, -0.25) is 10.1 Å². The van der Waals surface area contributed by atoms with E-state index in [4.69, 9.17) is 4.42 Å². The predicted octanol–water partition coefficient (Wildman–Crippen LogP) is 2.68. The molecule has 0 radical (unpaired) electrons. The molecule has 1 aromatic carbocycles. The minimum Gasteiger partial charge on any atom is -0.618 e. The topological polar surface area (TPSA) is 149 Å². The third kappa shape index (κ3) is 3.24. The Morgan fingerprint density at radius 1 is 1.18 bits per heavy atom. The standard InChI is InChI=1S/C15H9F3N4O6/c1-6-2-9(15(16,17)18)8(5-21(6)25)14-20-19-13(28-14)7-3-10(22(26)27)12(24)11(23)4-7/h2-5,23-24H,1H3. The summed E-state index contributed by atoms with van der Waals surface area (Å²) in [5, 5.41) is 48.6. The van der Waals surface area contributed by atoms with E-state index in [2.05, 4.69) is 10.2 Å². The van der Waals surface area contributed by atoms with E-state index in [1.54, 1.807) is 0 Å². The van der Waals surface area contributed by atoms with Gasteiger partial charge in [0.25, 0.3) is 5.89 Å². The molecule has 10 nitrogen and oxygen atoms in total. The summed E-state index contributed by atoms with van der Waals surface area (Å²) in [7, 11) is 0. The van der Waals surface area contributed by atoms with Crippen LogP contribution in [0.4, 0.5) is 18.9 Å². The lowest BCUT2D eigenvalue weighted by atomic mass is 10.1. The molecule has 0 saturated carbocycles. The molecule has 0 fully saturated rings. The maximum absolute atomic E-state index is 13.3. The van der Waals surface area contributed by atoms with E-state index in [0.717, 1.165) is 12.1 Å². The Labute approximate surface area is 152 Å². The first-order valence-corrected chi connectivity index (χ1v) is 7.34. The average molecular weight is 398 g/mol. The number of hydrogen-bond acceptors (Lipinski definition) is 8. The number of nitro groups is 1. The summed E-state index contributed by atoms with van der Waals surface area (Å²) in [5.74, 6) is -3.01. The monoisotopic (exact) mass is 398 g/mol. The normalized spacial score (nSPS) is 11.6. The average Bonchev–Trinajstić information content (AvgIpc) is 3.08. The minimum absolute atomic E-state index is 0.186. The first-order valence-electron chi connectivity index (χ1n) is 7.34. The summed E-state index contributed by atoms with van der Waals surface area (Å²) in [6.07, 6.45) is -4.20. The van der Waals surface area contributed by atoms with Gasteiger partial charge in [0.1, 0.15) is 5.56 Å². The number of halogens is 3. The maximum atomic E-state index is 13.3. The quantitative estimate of drug-likeness (QED) is 0.225. The predicted molar refractivity (Wildman–Crippen MR) is 83.9 cm³/mol. The number of aromatic nitrogens is 3. The number of benzene rings is 1. The van der Waals surface area contributed by atoms with E-state index in [1.807, 2.05) is 0 Å². The van der Waals surface area contributed by atoms with Crippen molar-refractivity contribution < 1.29 is 37.5 Å². The Hall–Kier alpha value is -3.90. The van der Waals surface area contributed by atoms with E-state index in [9.17, 15) is 38.7 Å². The molecule has 13 heteroatoms. The first kappa shape index (κ1) is 18.9. The summed E-state index contributed by atoms with van der Waals surface area (Å²) < 4.78 is 45.1. The van der Waals surface area contributed by atoms with Crippen LogP contribution >= 0.6 is 0 Å². The summed E-state index contributed by atoms with van der Waals surface area (Å²) >= 11 is 0. The molecule has 0 unspecified atom stereocenters. The van der Waals surface area contributed by atoms with E-state index < -0.39 is 51.2 Å². The third-order valence-electron chi connectivity index (χ3n) is 3.71. The zero-order chi connectivity index (χ0) is 20.8. The number of phenols is 2. The van der Waals surface area contributed by atoms with E-state index in [1.165, 1.54) is 6.92 Å². The van der Waals surface area contributed by atoms with Crippen molar-refractivity contribution in [3.05, 3.63) is 51.0 Å². The SMILES string of the molecule is Cc1cc(C(F)(F)F)c(-c2nnc(-c3cc(O)c(O)c([N+](=O)[O-])c3)o2)c[n+]1[O-]. The molecule has 146 valence electrons.